The summed E-state index contributed by atoms with van der Waals surface area (Å²) in [5, 5.41) is 12.6. The molecule has 1 aliphatic rings. The number of nitrogens with one attached hydrogen (secondary N) is 1. The number of amides is 1. The number of ether oxygens (including phenoxy) is 1. The van der Waals surface area contributed by atoms with E-state index in [1.165, 1.54) is 17.3 Å². The van der Waals surface area contributed by atoms with Gasteiger partial charge in [0.15, 0.2) is 0 Å². The first-order valence-corrected chi connectivity index (χ1v) is 10.3. The standard InChI is InChI=1S/C24H24N6O2/c1-30-8-7-16-11-22(32-2)21(10-18(16)14-30)29-24-27-13-19(23(26)31)20(28-24)9-15-5-3-4-6-17(15)12-25/h3-6,10-11,13H,7-9,14H2,1-2H3,(H2,26,31)(H,27,28,29). The van der Waals surface area contributed by atoms with Gasteiger partial charge in [0.05, 0.1) is 35.7 Å². The zero-order valence-corrected chi connectivity index (χ0v) is 18.1. The number of benzene rings is 2. The summed E-state index contributed by atoms with van der Waals surface area (Å²) in [6.07, 6.45) is 2.67. The lowest BCUT2D eigenvalue weighted by Gasteiger charge is -2.26. The van der Waals surface area contributed by atoms with Crippen molar-refractivity contribution in [3.8, 4) is 11.8 Å². The topological polar surface area (TPSA) is 117 Å². The molecule has 0 radical (unpaired) electrons. The maximum Gasteiger partial charge on any atom is 0.252 e. The highest BCUT2D eigenvalue weighted by molar-refractivity contribution is 5.93. The Bertz CT molecular complexity index is 1220. The molecule has 8 heteroatoms. The summed E-state index contributed by atoms with van der Waals surface area (Å²) in [4.78, 5) is 23.1. The molecule has 2 aromatic carbocycles. The van der Waals surface area contributed by atoms with Crippen molar-refractivity contribution in [1.82, 2.24) is 14.9 Å². The summed E-state index contributed by atoms with van der Waals surface area (Å²) in [5.41, 5.74) is 10.7. The Kier molecular flexibility index (Phi) is 6.01. The van der Waals surface area contributed by atoms with Crippen molar-refractivity contribution in [1.29, 1.82) is 5.26 Å². The molecule has 0 unspecified atom stereocenters. The second-order valence-corrected chi connectivity index (χ2v) is 7.80. The molecule has 162 valence electrons. The fourth-order valence-corrected chi connectivity index (χ4v) is 3.90. The summed E-state index contributed by atoms with van der Waals surface area (Å²) >= 11 is 0. The van der Waals surface area contributed by atoms with E-state index in [2.05, 4.69) is 39.4 Å². The van der Waals surface area contributed by atoms with Crippen LogP contribution in [0.2, 0.25) is 0 Å². The van der Waals surface area contributed by atoms with Crippen molar-refractivity contribution in [2.45, 2.75) is 19.4 Å². The maximum absolute atomic E-state index is 12.0. The number of anilines is 2. The molecular weight excluding hydrogens is 404 g/mol. The summed E-state index contributed by atoms with van der Waals surface area (Å²) < 4.78 is 5.59. The first-order valence-electron chi connectivity index (χ1n) is 10.3. The predicted molar refractivity (Wildman–Crippen MR) is 121 cm³/mol. The van der Waals surface area contributed by atoms with Crippen molar-refractivity contribution in [3.63, 3.8) is 0 Å². The van der Waals surface area contributed by atoms with E-state index in [-0.39, 0.29) is 12.0 Å². The molecule has 8 nitrogen and oxygen atoms in total. The minimum atomic E-state index is -0.615. The Balaban J connectivity index is 1.69. The lowest BCUT2D eigenvalue weighted by Crippen LogP contribution is -2.26. The van der Waals surface area contributed by atoms with Gasteiger partial charge in [0, 0.05) is 25.7 Å². The second kappa shape index (κ2) is 9.04. The third-order valence-corrected chi connectivity index (χ3v) is 5.60. The van der Waals surface area contributed by atoms with E-state index in [0.29, 0.717) is 23.0 Å². The number of carbonyl (C=O) groups excluding carboxylic acids is 1. The molecule has 0 fully saturated rings. The quantitative estimate of drug-likeness (QED) is 0.620. The van der Waals surface area contributed by atoms with Gasteiger partial charge in [0.25, 0.3) is 5.91 Å². The molecule has 0 bridgehead atoms. The van der Waals surface area contributed by atoms with E-state index in [9.17, 15) is 10.1 Å². The largest absolute Gasteiger partial charge is 0.495 e. The van der Waals surface area contributed by atoms with Crippen LogP contribution in [-0.4, -0.2) is 41.5 Å². The minimum absolute atomic E-state index is 0.224. The van der Waals surface area contributed by atoms with E-state index in [0.717, 1.165) is 30.8 Å². The number of fused-ring (bicyclic) bond motifs is 1. The van der Waals surface area contributed by atoms with E-state index < -0.39 is 5.91 Å². The number of rotatable bonds is 6. The third kappa shape index (κ3) is 4.38. The van der Waals surface area contributed by atoms with Crippen LogP contribution in [0.15, 0.2) is 42.6 Å². The first kappa shape index (κ1) is 21.3. The molecule has 3 aromatic rings. The molecule has 1 aliphatic heterocycles. The van der Waals surface area contributed by atoms with Gasteiger partial charge in [-0.25, -0.2) is 9.97 Å². The fourth-order valence-electron chi connectivity index (χ4n) is 3.90. The number of hydrogen-bond acceptors (Lipinski definition) is 7. The number of primary amides is 1. The van der Waals surface area contributed by atoms with Crippen LogP contribution in [0.1, 0.15) is 38.3 Å². The number of nitrogens with zero attached hydrogens (tertiary/aromatic N) is 4. The zero-order valence-electron chi connectivity index (χ0n) is 18.1. The van der Waals surface area contributed by atoms with E-state index >= 15 is 0 Å². The molecule has 4 rings (SSSR count). The molecule has 0 saturated heterocycles. The van der Waals surface area contributed by atoms with Crippen LogP contribution >= 0.6 is 0 Å². The molecular formula is C24H24N6O2. The van der Waals surface area contributed by atoms with Crippen LogP contribution in [0.5, 0.6) is 5.75 Å². The Morgan fingerprint density at radius 3 is 2.88 bits per heavy atom. The Hall–Kier alpha value is -3.96. The van der Waals surface area contributed by atoms with Crippen LogP contribution in [0.4, 0.5) is 11.6 Å². The van der Waals surface area contributed by atoms with Gasteiger partial charge in [-0.1, -0.05) is 18.2 Å². The van der Waals surface area contributed by atoms with Gasteiger partial charge in [-0.15, -0.1) is 0 Å². The number of nitrogens with two attached hydrogens (primary N) is 1. The van der Waals surface area contributed by atoms with Crippen LogP contribution in [0, 0.1) is 11.3 Å². The zero-order chi connectivity index (χ0) is 22.7. The van der Waals surface area contributed by atoms with Crippen LogP contribution in [0.3, 0.4) is 0 Å². The van der Waals surface area contributed by atoms with Crippen molar-refractivity contribution in [3.05, 3.63) is 76.1 Å². The Morgan fingerprint density at radius 2 is 2.12 bits per heavy atom. The highest BCUT2D eigenvalue weighted by atomic mass is 16.5. The van der Waals surface area contributed by atoms with E-state index in [4.69, 9.17) is 10.5 Å². The molecule has 0 atom stereocenters. The highest BCUT2D eigenvalue weighted by Crippen LogP contribution is 2.33. The van der Waals surface area contributed by atoms with Crippen LogP contribution in [-0.2, 0) is 19.4 Å². The number of likely N-dealkylation sites (N-methyl/N-ethyl adjacent to an activating group) is 1. The van der Waals surface area contributed by atoms with E-state index in [1.54, 1.807) is 19.2 Å². The van der Waals surface area contributed by atoms with E-state index in [1.807, 2.05) is 18.2 Å². The molecule has 0 aliphatic carbocycles. The molecule has 3 N–H and O–H groups in total. The van der Waals surface area contributed by atoms with Crippen molar-refractivity contribution >= 4 is 17.5 Å². The first-order chi connectivity index (χ1) is 15.5. The number of aromatic nitrogens is 2. The molecule has 0 saturated carbocycles. The van der Waals surface area contributed by atoms with Gasteiger partial charge in [-0.2, -0.15) is 5.26 Å². The number of methoxy groups -OCH3 is 1. The molecule has 32 heavy (non-hydrogen) atoms. The fraction of sp³-hybridized carbons (Fsp3) is 0.250. The molecule has 2 heterocycles. The number of hydrogen-bond donors (Lipinski definition) is 2. The Morgan fingerprint density at radius 1 is 1.31 bits per heavy atom. The average molecular weight is 428 g/mol. The molecule has 0 spiro atoms. The average Bonchev–Trinajstić information content (AvgIpc) is 2.79. The summed E-state index contributed by atoms with van der Waals surface area (Å²) in [5.74, 6) is 0.407. The number of nitriles is 1. The SMILES string of the molecule is COc1cc2c(cc1Nc1ncc(C(N)=O)c(Cc3ccccc3C#N)n1)CN(C)CC2. The Labute approximate surface area is 186 Å². The normalized spacial score (nSPS) is 13.2. The van der Waals surface area contributed by atoms with Gasteiger partial charge < -0.3 is 20.7 Å². The van der Waals surface area contributed by atoms with Crippen molar-refractivity contribution < 1.29 is 9.53 Å². The van der Waals surface area contributed by atoms with Gasteiger partial charge >= 0.3 is 0 Å². The van der Waals surface area contributed by atoms with Crippen molar-refractivity contribution in [2.24, 2.45) is 5.73 Å². The lowest BCUT2D eigenvalue weighted by atomic mass is 9.99. The molecule has 1 aromatic heterocycles. The monoisotopic (exact) mass is 428 g/mol. The maximum atomic E-state index is 12.0. The molecule has 1 amide bonds. The van der Waals surface area contributed by atoms with Gasteiger partial charge in [-0.3, -0.25) is 4.79 Å². The third-order valence-electron chi connectivity index (χ3n) is 5.60. The smallest absolute Gasteiger partial charge is 0.252 e. The van der Waals surface area contributed by atoms with Crippen LogP contribution < -0.4 is 15.8 Å². The van der Waals surface area contributed by atoms with Gasteiger partial charge in [0.1, 0.15) is 5.75 Å². The highest BCUT2D eigenvalue weighted by Gasteiger charge is 2.19. The predicted octanol–water partition coefficient (Wildman–Crippen LogP) is 2.78. The van der Waals surface area contributed by atoms with Gasteiger partial charge in [0.2, 0.25) is 5.95 Å². The lowest BCUT2D eigenvalue weighted by molar-refractivity contribution is 0.0998. The number of carbonyl (C=O) groups is 1. The van der Waals surface area contributed by atoms with Crippen molar-refractivity contribution in [2.75, 3.05) is 26.0 Å². The van der Waals surface area contributed by atoms with Gasteiger partial charge in [-0.05, 0) is 48.4 Å². The summed E-state index contributed by atoms with van der Waals surface area (Å²) in [7, 11) is 3.72. The summed E-state index contributed by atoms with van der Waals surface area (Å²) in [6, 6.07) is 13.5. The minimum Gasteiger partial charge on any atom is -0.495 e. The van der Waals surface area contributed by atoms with Crippen LogP contribution in [0.25, 0.3) is 0 Å². The summed E-state index contributed by atoms with van der Waals surface area (Å²) in [6.45, 7) is 1.86. The second-order valence-electron chi connectivity index (χ2n) is 7.80.